The molecule has 0 fully saturated rings. The van der Waals surface area contributed by atoms with Crippen molar-refractivity contribution in [1.29, 1.82) is 0 Å². The smallest absolute Gasteiger partial charge is 0.123 e. The molecule has 0 aliphatic carbocycles. The molecular weight excluding hydrogens is 232 g/mol. The molecule has 1 N–H and O–H groups in total. The summed E-state index contributed by atoms with van der Waals surface area (Å²) >= 11 is 7.60. The Bertz CT molecular complexity index is 445. The van der Waals surface area contributed by atoms with E-state index < -0.39 is 0 Å². The van der Waals surface area contributed by atoms with Crippen LogP contribution in [-0.2, 0) is 0 Å². The molecule has 0 aliphatic heterocycles. The molecule has 5 heteroatoms. The molecule has 3 nitrogen and oxygen atoms in total. The number of methoxy groups -OCH3 is 1. The van der Waals surface area contributed by atoms with Crippen LogP contribution in [0.15, 0.2) is 40.4 Å². The van der Waals surface area contributed by atoms with E-state index in [1.165, 1.54) is 11.8 Å². The molecule has 78 valence electrons. The summed E-state index contributed by atoms with van der Waals surface area (Å²) in [4.78, 5) is 0.963. The average Bonchev–Trinajstić information content (AvgIpc) is 2.74. The Balaban J connectivity index is 2.22. The highest BCUT2D eigenvalue weighted by atomic mass is 35.5. The standard InChI is InChI=1S/C10H9ClN2OS/c1-14-7-2-3-9(8(11)6-7)15-10-4-5-12-13-10/h2-6H,1H3,(H,12,13). The number of rotatable bonds is 3. The van der Waals surface area contributed by atoms with Crippen LogP contribution in [0.5, 0.6) is 5.75 Å². The van der Waals surface area contributed by atoms with Gasteiger partial charge in [0, 0.05) is 11.1 Å². The molecule has 0 amide bonds. The number of halogens is 1. The number of nitrogens with zero attached hydrogens (tertiary/aromatic N) is 1. The van der Waals surface area contributed by atoms with Gasteiger partial charge < -0.3 is 4.74 Å². The van der Waals surface area contributed by atoms with Gasteiger partial charge in [-0.3, -0.25) is 5.10 Å². The van der Waals surface area contributed by atoms with E-state index >= 15 is 0 Å². The molecule has 2 aromatic rings. The third-order valence-electron chi connectivity index (χ3n) is 1.83. The zero-order valence-electron chi connectivity index (χ0n) is 8.03. The van der Waals surface area contributed by atoms with Gasteiger partial charge in [-0.05, 0) is 24.3 Å². The Hall–Kier alpha value is -1.13. The van der Waals surface area contributed by atoms with Gasteiger partial charge in [0.25, 0.3) is 0 Å². The zero-order valence-corrected chi connectivity index (χ0v) is 9.60. The molecule has 0 bridgehead atoms. The molecule has 0 radical (unpaired) electrons. The van der Waals surface area contributed by atoms with Gasteiger partial charge in [0.05, 0.1) is 12.1 Å². The molecule has 0 saturated heterocycles. The second-order valence-corrected chi connectivity index (χ2v) is 4.28. The number of aromatic nitrogens is 2. The highest BCUT2D eigenvalue weighted by Crippen LogP contribution is 2.34. The van der Waals surface area contributed by atoms with E-state index in [9.17, 15) is 0 Å². The maximum atomic E-state index is 6.09. The van der Waals surface area contributed by atoms with E-state index in [-0.39, 0.29) is 0 Å². The number of benzene rings is 1. The summed E-state index contributed by atoms with van der Waals surface area (Å²) in [5.41, 5.74) is 0. The highest BCUT2D eigenvalue weighted by Gasteiger charge is 2.05. The van der Waals surface area contributed by atoms with Gasteiger partial charge in [0.2, 0.25) is 0 Å². The summed E-state index contributed by atoms with van der Waals surface area (Å²) < 4.78 is 5.07. The van der Waals surface area contributed by atoms with Crippen molar-refractivity contribution in [2.24, 2.45) is 0 Å². The first-order valence-corrected chi connectivity index (χ1v) is 5.50. The minimum atomic E-state index is 0.669. The van der Waals surface area contributed by atoms with E-state index in [1.807, 2.05) is 18.2 Å². The lowest BCUT2D eigenvalue weighted by Gasteiger charge is -2.04. The molecule has 0 spiro atoms. The maximum absolute atomic E-state index is 6.09. The fourth-order valence-electron chi connectivity index (χ4n) is 1.11. The predicted molar refractivity (Wildman–Crippen MR) is 60.7 cm³/mol. The quantitative estimate of drug-likeness (QED) is 0.895. The summed E-state index contributed by atoms with van der Waals surface area (Å²) in [6.45, 7) is 0. The maximum Gasteiger partial charge on any atom is 0.123 e. The van der Waals surface area contributed by atoms with Gasteiger partial charge in [-0.25, -0.2) is 0 Å². The Morgan fingerprint density at radius 2 is 2.27 bits per heavy atom. The van der Waals surface area contributed by atoms with Crippen molar-refractivity contribution in [3.63, 3.8) is 0 Å². The number of aromatic amines is 1. The van der Waals surface area contributed by atoms with Gasteiger partial charge in [-0.1, -0.05) is 23.4 Å². The second-order valence-electron chi connectivity index (χ2n) is 2.81. The predicted octanol–water partition coefficient (Wildman–Crippen LogP) is 3.22. The Morgan fingerprint density at radius 1 is 1.40 bits per heavy atom. The zero-order chi connectivity index (χ0) is 10.7. The van der Waals surface area contributed by atoms with Crippen molar-refractivity contribution >= 4 is 23.4 Å². The summed E-state index contributed by atoms with van der Waals surface area (Å²) in [5, 5.41) is 8.36. The number of nitrogens with one attached hydrogen (secondary N) is 1. The van der Waals surface area contributed by atoms with E-state index in [0.717, 1.165) is 15.7 Å². The van der Waals surface area contributed by atoms with Crippen LogP contribution in [-0.4, -0.2) is 17.3 Å². The van der Waals surface area contributed by atoms with Crippen molar-refractivity contribution < 1.29 is 4.74 Å². The van der Waals surface area contributed by atoms with Crippen molar-refractivity contribution in [2.75, 3.05) is 7.11 Å². The number of hydrogen-bond donors (Lipinski definition) is 1. The van der Waals surface area contributed by atoms with Crippen molar-refractivity contribution in [3.8, 4) is 5.75 Å². The number of ether oxygens (including phenoxy) is 1. The van der Waals surface area contributed by atoms with Gasteiger partial charge >= 0.3 is 0 Å². The van der Waals surface area contributed by atoms with Gasteiger partial charge in [0.1, 0.15) is 10.8 Å². The fraction of sp³-hybridized carbons (Fsp3) is 0.100. The largest absolute Gasteiger partial charge is 0.497 e. The van der Waals surface area contributed by atoms with Crippen LogP contribution in [0.3, 0.4) is 0 Å². The molecule has 1 aromatic carbocycles. The monoisotopic (exact) mass is 240 g/mol. The van der Waals surface area contributed by atoms with Crippen molar-refractivity contribution in [3.05, 3.63) is 35.5 Å². The van der Waals surface area contributed by atoms with Crippen LogP contribution < -0.4 is 4.74 Å². The molecule has 0 saturated carbocycles. The van der Waals surface area contributed by atoms with Crippen molar-refractivity contribution in [2.45, 2.75) is 9.92 Å². The van der Waals surface area contributed by atoms with Crippen LogP contribution in [0.1, 0.15) is 0 Å². The topological polar surface area (TPSA) is 37.9 Å². The molecular formula is C10H9ClN2OS. The third kappa shape index (κ3) is 2.46. The van der Waals surface area contributed by atoms with E-state index in [4.69, 9.17) is 16.3 Å². The summed E-state index contributed by atoms with van der Waals surface area (Å²) in [7, 11) is 1.62. The Labute approximate surface area is 96.8 Å². The summed E-state index contributed by atoms with van der Waals surface area (Å²) in [6.07, 6.45) is 1.78. The Morgan fingerprint density at radius 3 is 2.87 bits per heavy atom. The molecule has 0 aliphatic rings. The summed E-state index contributed by atoms with van der Waals surface area (Å²) in [5.74, 6) is 0.756. The van der Waals surface area contributed by atoms with Gasteiger partial charge in [0.15, 0.2) is 0 Å². The fourth-order valence-corrected chi connectivity index (χ4v) is 2.15. The first-order valence-electron chi connectivity index (χ1n) is 4.31. The van der Waals surface area contributed by atoms with Gasteiger partial charge in [-0.15, -0.1) is 0 Å². The van der Waals surface area contributed by atoms with E-state index in [2.05, 4.69) is 10.2 Å². The van der Waals surface area contributed by atoms with Crippen LogP contribution in [0, 0.1) is 0 Å². The molecule has 1 heterocycles. The molecule has 0 atom stereocenters. The molecule has 0 unspecified atom stereocenters. The average molecular weight is 241 g/mol. The normalized spacial score (nSPS) is 10.3. The lowest BCUT2D eigenvalue weighted by molar-refractivity contribution is 0.414. The van der Waals surface area contributed by atoms with E-state index in [0.29, 0.717) is 5.02 Å². The van der Waals surface area contributed by atoms with Gasteiger partial charge in [-0.2, -0.15) is 5.10 Å². The van der Waals surface area contributed by atoms with Crippen molar-refractivity contribution in [1.82, 2.24) is 10.2 Å². The first kappa shape index (κ1) is 10.4. The SMILES string of the molecule is COc1ccc(Sc2cc[nH]n2)c(Cl)c1. The minimum Gasteiger partial charge on any atom is -0.497 e. The lowest BCUT2D eigenvalue weighted by Crippen LogP contribution is -1.83. The second kappa shape index (κ2) is 4.59. The molecule has 2 rings (SSSR count). The third-order valence-corrected chi connectivity index (χ3v) is 3.27. The first-order chi connectivity index (χ1) is 7.29. The molecule has 1 aromatic heterocycles. The number of hydrogen-bond acceptors (Lipinski definition) is 3. The highest BCUT2D eigenvalue weighted by molar-refractivity contribution is 7.99. The summed E-state index contributed by atoms with van der Waals surface area (Å²) in [6, 6.07) is 7.48. The van der Waals surface area contributed by atoms with Crippen LogP contribution in [0.2, 0.25) is 5.02 Å². The molecule has 15 heavy (non-hydrogen) atoms. The lowest BCUT2D eigenvalue weighted by atomic mass is 10.3. The van der Waals surface area contributed by atoms with E-state index in [1.54, 1.807) is 19.4 Å². The number of H-pyrrole nitrogens is 1. The van der Waals surface area contributed by atoms with Crippen LogP contribution in [0.25, 0.3) is 0 Å². The Kier molecular flexibility index (Phi) is 3.18. The van der Waals surface area contributed by atoms with Crippen LogP contribution >= 0.6 is 23.4 Å². The minimum absolute atomic E-state index is 0.669. The van der Waals surface area contributed by atoms with Crippen LogP contribution in [0.4, 0.5) is 0 Å².